The number of nitrogens with zero attached hydrogens (tertiary/aromatic N) is 1. The molecule has 2 aliphatic heterocycles. The lowest BCUT2D eigenvalue weighted by Crippen LogP contribution is -2.41. The van der Waals surface area contributed by atoms with Gasteiger partial charge in [0.1, 0.15) is 5.82 Å². The van der Waals surface area contributed by atoms with Crippen LogP contribution in [0.1, 0.15) is 46.1 Å². The molecule has 3 rings (SSSR count). The lowest BCUT2D eigenvalue weighted by atomic mass is 9.78. The lowest BCUT2D eigenvalue weighted by Gasteiger charge is -2.32. The summed E-state index contributed by atoms with van der Waals surface area (Å²) < 4.78 is 31.7. The van der Waals surface area contributed by atoms with Crippen molar-refractivity contribution in [2.75, 3.05) is 20.2 Å². The molecule has 1 amide bonds. The first-order valence-corrected chi connectivity index (χ1v) is 9.57. The van der Waals surface area contributed by atoms with Gasteiger partial charge in [-0.15, -0.1) is 0 Å². The Morgan fingerprint density at radius 1 is 1.22 bits per heavy atom. The summed E-state index contributed by atoms with van der Waals surface area (Å²) in [5.41, 5.74) is 0.179. The van der Waals surface area contributed by atoms with Crippen molar-refractivity contribution in [3.8, 4) is 0 Å². The molecule has 2 saturated heterocycles. The van der Waals surface area contributed by atoms with Gasteiger partial charge in [-0.1, -0.05) is 12.1 Å². The van der Waals surface area contributed by atoms with Gasteiger partial charge >= 0.3 is 7.12 Å². The summed E-state index contributed by atoms with van der Waals surface area (Å²) in [7, 11) is 1.13. The molecule has 0 radical (unpaired) electrons. The van der Waals surface area contributed by atoms with Crippen LogP contribution < -0.4 is 5.46 Å². The SMILES string of the molecule is COC1CCN(C(=O)Cc2cc(B3OC(C)(C)C(C)(C)O3)ccc2F)CC1. The molecule has 0 aromatic heterocycles. The second-order valence-corrected chi connectivity index (χ2v) is 8.43. The highest BCUT2D eigenvalue weighted by Crippen LogP contribution is 2.36. The van der Waals surface area contributed by atoms with Gasteiger partial charge in [-0.2, -0.15) is 0 Å². The Bertz CT molecular complexity index is 685. The molecule has 148 valence electrons. The number of amides is 1. The number of methoxy groups -OCH3 is 1. The summed E-state index contributed by atoms with van der Waals surface area (Å²) in [6, 6.07) is 4.74. The van der Waals surface area contributed by atoms with E-state index in [0.717, 1.165) is 18.3 Å². The molecule has 7 heteroatoms. The van der Waals surface area contributed by atoms with E-state index in [9.17, 15) is 9.18 Å². The third-order valence-electron chi connectivity index (χ3n) is 6.06. The van der Waals surface area contributed by atoms with Crippen molar-refractivity contribution in [3.63, 3.8) is 0 Å². The highest BCUT2D eigenvalue weighted by molar-refractivity contribution is 6.62. The maximum Gasteiger partial charge on any atom is 0.494 e. The highest BCUT2D eigenvalue weighted by atomic mass is 19.1. The van der Waals surface area contributed by atoms with Crippen molar-refractivity contribution in [1.82, 2.24) is 4.90 Å². The number of piperidine rings is 1. The van der Waals surface area contributed by atoms with Crippen LogP contribution in [0.2, 0.25) is 0 Å². The van der Waals surface area contributed by atoms with E-state index in [1.54, 1.807) is 24.1 Å². The second-order valence-electron chi connectivity index (χ2n) is 8.43. The van der Waals surface area contributed by atoms with Crippen LogP contribution in [0.3, 0.4) is 0 Å². The van der Waals surface area contributed by atoms with Gasteiger partial charge in [0.15, 0.2) is 0 Å². The number of ether oxygens (including phenoxy) is 1. The molecule has 0 bridgehead atoms. The predicted octanol–water partition coefficient (Wildman–Crippen LogP) is 2.30. The van der Waals surface area contributed by atoms with Crippen LogP contribution in [0.5, 0.6) is 0 Å². The molecule has 2 aliphatic rings. The largest absolute Gasteiger partial charge is 0.494 e. The average Bonchev–Trinajstić information content (AvgIpc) is 2.84. The van der Waals surface area contributed by atoms with E-state index < -0.39 is 18.3 Å². The molecule has 0 unspecified atom stereocenters. The first-order valence-electron chi connectivity index (χ1n) is 9.57. The van der Waals surface area contributed by atoms with Gasteiger partial charge in [0.25, 0.3) is 0 Å². The van der Waals surface area contributed by atoms with Crippen LogP contribution in [0.4, 0.5) is 4.39 Å². The second kappa shape index (κ2) is 7.53. The third kappa shape index (κ3) is 4.20. The number of rotatable bonds is 4. The molecule has 0 atom stereocenters. The fourth-order valence-corrected chi connectivity index (χ4v) is 3.47. The summed E-state index contributed by atoms with van der Waals surface area (Å²) >= 11 is 0. The van der Waals surface area contributed by atoms with Gasteiger partial charge in [-0.3, -0.25) is 4.79 Å². The number of likely N-dealkylation sites (tertiary alicyclic amines) is 1. The zero-order chi connectivity index (χ0) is 19.8. The molecular weight excluding hydrogens is 348 g/mol. The Balaban J connectivity index is 1.70. The molecule has 5 nitrogen and oxygen atoms in total. The molecule has 2 heterocycles. The summed E-state index contributed by atoms with van der Waals surface area (Å²) in [6.45, 7) is 9.20. The zero-order valence-electron chi connectivity index (χ0n) is 16.9. The van der Waals surface area contributed by atoms with Crippen molar-refractivity contribution in [2.24, 2.45) is 0 Å². The van der Waals surface area contributed by atoms with Crippen LogP contribution >= 0.6 is 0 Å². The normalized spacial score (nSPS) is 22.3. The maximum atomic E-state index is 14.3. The highest BCUT2D eigenvalue weighted by Gasteiger charge is 2.51. The fourth-order valence-electron chi connectivity index (χ4n) is 3.47. The van der Waals surface area contributed by atoms with E-state index in [1.165, 1.54) is 6.07 Å². The number of hydrogen-bond acceptors (Lipinski definition) is 4. The molecule has 1 aromatic carbocycles. The maximum absolute atomic E-state index is 14.3. The number of carbonyl (C=O) groups excluding carboxylic acids is 1. The molecule has 2 fully saturated rings. The number of halogens is 1. The molecule has 1 aromatic rings. The Labute approximate surface area is 161 Å². The van der Waals surface area contributed by atoms with Crippen LogP contribution in [0.15, 0.2) is 18.2 Å². The third-order valence-corrected chi connectivity index (χ3v) is 6.06. The van der Waals surface area contributed by atoms with E-state index in [-0.39, 0.29) is 24.2 Å². The van der Waals surface area contributed by atoms with Crippen molar-refractivity contribution >= 4 is 18.5 Å². The summed E-state index contributed by atoms with van der Waals surface area (Å²) in [5.74, 6) is -0.440. The van der Waals surface area contributed by atoms with Crippen molar-refractivity contribution in [2.45, 2.75) is 64.3 Å². The van der Waals surface area contributed by atoms with E-state index in [0.29, 0.717) is 18.7 Å². The van der Waals surface area contributed by atoms with Gasteiger partial charge in [-0.25, -0.2) is 4.39 Å². The van der Waals surface area contributed by atoms with Crippen LogP contribution in [0.25, 0.3) is 0 Å². The number of benzene rings is 1. The molecule has 0 aliphatic carbocycles. The topological polar surface area (TPSA) is 48.0 Å². The zero-order valence-corrected chi connectivity index (χ0v) is 16.9. The first-order chi connectivity index (χ1) is 12.6. The van der Waals surface area contributed by atoms with Gasteiger partial charge in [-0.05, 0) is 57.6 Å². The minimum Gasteiger partial charge on any atom is -0.399 e. The molecule has 0 N–H and O–H groups in total. The van der Waals surface area contributed by atoms with Crippen molar-refractivity contribution in [3.05, 3.63) is 29.6 Å². The van der Waals surface area contributed by atoms with Gasteiger partial charge in [0.05, 0.1) is 23.7 Å². The summed E-state index contributed by atoms with van der Waals surface area (Å²) in [4.78, 5) is 14.4. The van der Waals surface area contributed by atoms with Crippen LogP contribution in [-0.2, 0) is 25.3 Å². The van der Waals surface area contributed by atoms with Crippen molar-refractivity contribution < 1.29 is 23.2 Å². The van der Waals surface area contributed by atoms with Gasteiger partial charge in [0.2, 0.25) is 5.91 Å². The number of carbonyl (C=O) groups is 1. The lowest BCUT2D eigenvalue weighted by molar-refractivity contribution is -0.132. The Kier molecular flexibility index (Phi) is 5.66. The van der Waals surface area contributed by atoms with Crippen LogP contribution in [-0.4, -0.2) is 55.4 Å². The number of hydrogen-bond donors (Lipinski definition) is 0. The average molecular weight is 377 g/mol. The summed E-state index contributed by atoms with van der Waals surface area (Å²) in [6.07, 6.45) is 1.88. The van der Waals surface area contributed by atoms with E-state index in [2.05, 4.69) is 0 Å². The molecule has 0 spiro atoms. The molecule has 27 heavy (non-hydrogen) atoms. The predicted molar refractivity (Wildman–Crippen MR) is 102 cm³/mol. The quantitative estimate of drug-likeness (QED) is 0.756. The molecular formula is C20H29BFNO4. The van der Waals surface area contributed by atoms with E-state index in [4.69, 9.17) is 14.0 Å². The Morgan fingerprint density at radius 2 is 1.81 bits per heavy atom. The van der Waals surface area contributed by atoms with Crippen LogP contribution in [0, 0.1) is 5.82 Å². The minimum absolute atomic E-state index is 0.0385. The Morgan fingerprint density at radius 3 is 2.37 bits per heavy atom. The standard InChI is InChI=1S/C20H29BFNO4/c1-19(2)20(3,4)27-21(26-19)15-6-7-17(22)14(12-15)13-18(24)23-10-8-16(25-5)9-11-23/h6-7,12,16H,8-11,13H2,1-5H3. The summed E-state index contributed by atoms with van der Waals surface area (Å²) in [5, 5.41) is 0. The fraction of sp³-hybridized carbons (Fsp3) is 0.650. The van der Waals surface area contributed by atoms with Gasteiger partial charge < -0.3 is 18.9 Å². The monoisotopic (exact) mass is 377 g/mol. The van der Waals surface area contributed by atoms with E-state index >= 15 is 0 Å². The van der Waals surface area contributed by atoms with Gasteiger partial charge in [0, 0.05) is 20.2 Å². The molecule has 0 saturated carbocycles. The smallest absolute Gasteiger partial charge is 0.399 e. The first kappa shape index (κ1) is 20.3. The van der Waals surface area contributed by atoms with Crippen molar-refractivity contribution in [1.29, 1.82) is 0 Å². The Hall–Kier alpha value is -1.44. The van der Waals surface area contributed by atoms with E-state index in [1.807, 2.05) is 27.7 Å². The minimum atomic E-state index is -0.568.